The van der Waals surface area contributed by atoms with Gasteiger partial charge in [0, 0.05) is 29.7 Å². The van der Waals surface area contributed by atoms with Crippen molar-refractivity contribution in [3.8, 4) is 0 Å². The molecule has 0 aliphatic carbocycles. The maximum atomic E-state index is 3.64. The summed E-state index contributed by atoms with van der Waals surface area (Å²) >= 11 is 1.79. The van der Waals surface area contributed by atoms with Crippen molar-refractivity contribution in [1.82, 2.24) is 5.32 Å². The predicted octanol–water partition coefficient (Wildman–Crippen LogP) is 3.11. The fourth-order valence-electron chi connectivity index (χ4n) is 2.51. The van der Waals surface area contributed by atoms with Gasteiger partial charge in [-0.1, -0.05) is 6.92 Å². The first kappa shape index (κ1) is 11.9. The summed E-state index contributed by atoms with van der Waals surface area (Å²) in [7, 11) is 0. The average molecular weight is 238 g/mol. The summed E-state index contributed by atoms with van der Waals surface area (Å²) in [5, 5.41) is 8.07. The molecule has 1 N–H and O–H groups in total. The second-order valence-electron chi connectivity index (χ2n) is 4.70. The fraction of sp³-hybridized carbons (Fsp3) is 0.692. The molecule has 2 rings (SSSR count). The monoisotopic (exact) mass is 238 g/mol. The van der Waals surface area contributed by atoms with Gasteiger partial charge in [0.1, 0.15) is 0 Å². The minimum absolute atomic E-state index is 0.665. The second kappa shape index (κ2) is 5.69. The molecule has 0 saturated carbocycles. The molecular formula is C13H22N2S. The van der Waals surface area contributed by atoms with Crippen molar-refractivity contribution >= 4 is 17.0 Å². The van der Waals surface area contributed by atoms with Gasteiger partial charge in [0.15, 0.2) is 0 Å². The first-order chi connectivity index (χ1) is 7.81. The van der Waals surface area contributed by atoms with Crippen LogP contribution in [0.3, 0.4) is 0 Å². The van der Waals surface area contributed by atoms with Crippen molar-refractivity contribution in [2.24, 2.45) is 0 Å². The number of nitrogens with zero attached hydrogens (tertiary/aromatic N) is 1. The van der Waals surface area contributed by atoms with E-state index in [1.165, 1.54) is 31.5 Å². The van der Waals surface area contributed by atoms with E-state index < -0.39 is 0 Å². The highest BCUT2D eigenvalue weighted by atomic mass is 32.1. The number of hydrogen-bond acceptors (Lipinski definition) is 3. The molecule has 2 heterocycles. The van der Waals surface area contributed by atoms with Crippen LogP contribution in [-0.2, 0) is 0 Å². The van der Waals surface area contributed by atoms with Crippen molar-refractivity contribution in [3.63, 3.8) is 0 Å². The van der Waals surface area contributed by atoms with E-state index in [0.29, 0.717) is 6.04 Å². The van der Waals surface area contributed by atoms with E-state index in [1.54, 1.807) is 11.3 Å². The van der Waals surface area contributed by atoms with E-state index in [0.717, 1.165) is 12.6 Å². The Hall–Kier alpha value is -0.540. The molecular weight excluding hydrogens is 216 g/mol. The second-order valence-corrected chi connectivity index (χ2v) is 5.48. The Balaban J connectivity index is 1.88. The number of rotatable bonds is 4. The highest BCUT2D eigenvalue weighted by molar-refractivity contribution is 7.08. The molecule has 1 aromatic rings. The van der Waals surface area contributed by atoms with Gasteiger partial charge in [-0.25, -0.2) is 0 Å². The summed E-state index contributed by atoms with van der Waals surface area (Å²) in [5.41, 5.74) is 1.41. The molecule has 0 bridgehead atoms. The Bertz CT molecular complexity index is 297. The Labute approximate surface area is 103 Å². The number of piperidine rings is 1. The van der Waals surface area contributed by atoms with Crippen LogP contribution in [0, 0.1) is 0 Å². The third-order valence-electron chi connectivity index (χ3n) is 3.40. The topological polar surface area (TPSA) is 15.3 Å². The van der Waals surface area contributed by atoms with Crippen LogP contribution in [0.1, 0.15) is 33.1 Å². The smallest absolute Gasteiger partial charge is 0.0477 e. The molecule has 1 aliphatic rings. The molecule has 1 fully saturated rings. The fourth-order valence-corrected chi connectivity index (χ4v) is 3.16. The van der Waals surface area contributed by atoms with Gasteiger partial charge in [0.2, 0.25) is 0 Å². The highest BCUT2D eigenvalue weighted by Gasteiger charge is 2.25. The lowest BCUT2D eigenvalue weighted by atomic mass is 9.98. The Kier molecular flexibility index (Phi) is 4.24. The lowest BCUT2D eigenvalue weighted by molar-refractivity contribution is 0.369. The first-order valence-electron chi connectivity index (χ1n) is 6.33. The molecule has 2 unspecified atom stereocenters. The molecule has 1 aliphatic heterocycles. The molecule has 16 heavy (non-hydrogen) atoms. The van der Waals surface area contributed by atoms with Crippen molar-refractivity contribution in [2.75, 3.05) is 18.0 Å². The number of hydrogen-bond donors (Lipinski definition) is 1. The zero-order valence-electron chi connectivity index (χ0n) is 10.3. The average Bonchev–Trinajstić information content (AvgIpc) is 2.80. The molecule has 2 nitrogen and oxygen atoms in total. The maximum absolute atomic E-state index is 3.64. The van der Waals surface area contributed by atoms with Crippen LogP contribution in [0.25, 0.3) is 0 Å². The van der Waals surface area contributed by atoms with E-state index in [2.05, 4.69) is 40.9 Å². The Morgan fingerprint density at radius 3 is 3.06 bits per heavy atom. The molecule has 1 aromatic heterocycles. The van der Waals surface area contributed by atoms with Gasteiger partial charge < -0.3 is 10.2 Å². The summed E-state index contributed by atoms with van der Waals surface area (Å²) in [4.78, 5) is 2.54. The van der Waals surface area contributed by atoms with Crippen LogP contribution in [0.15, 0.2) is 16.8 Å². The largest absolute Gasteiger partial charge is 0.368 e. The van der Waals surface area contributed by atoms with Crippen LogP contribution in [0.4, 0.5) is 5.69 Å². The molecule has 90 valence electrons. The predicted molar refractivity (Wildman–Crippen MR) is 72.4 cm³/mol. The van der Waals surface area contributed by atoms with Gasteiger partial charge in [-0.2, -0.15) is 11.3 Å². The van der Waals surface area contributed by atoms with Gasteiger partial charge >= 0.3 is 0 Å². The quantitative estimate of drug-likeness (QED) is 0.867. The van der Waals surface area contributed by atoms with E-state index in [1.807, 2.05) is 0 Å². The zero-order chi connectivity index (χ0) is 11.4. The molecule has 2 atom stereocenters. The Morgan fingerprint density at radius 1 is 1.56 bits per heavy atom. The molecule has 0 amide bonds. The van der Waals surface area contributed by atoms with Crippen LogP contribution in [-0.4, -0.2) is 25.2 Å². The first-order valence-corrected chi connectivity index (χ1v) is 7.27. The van der Waals surface area contributed by atoms with Crippen LogP contribution >= 0.6 is 11.3 Å². The van der Waals surface area contributed by atoms with Crippen LogP contribution in [0.2, 0.25) is 0 Å². The number of nitrogens with one attached hydrogen (secondary N) is 1. The highest BCUT2D eigenvalue weighted by Crippen LogP contribution is 2.26. The number of anilines is 1. The lowest BCUT2D eigenvalue weighted by Gasteiger charge is -2.39. The van der Waals surface area contributed by atoms with Crippen LogP contribution < -0.4 is 10.2 Å². The van der Waals surface area contributed by atoms with Gasteiger partial charge in [-0.05, 0) is 44.2 Å². The summed E-state index contributed by atoms with van der Waals surface area (Å²) in [6, 6.07) is 3.63. The van der Waals surface area contributed by atoms with E-state index >= 15 is 0 Å². The number of thiophene rings is 1. The SMILES string of the molecule is CCCNC1CCN(c2ccsc2)C(C)C1. The van der Waals surface area contributed by atoms with Crippen molar-refractivity contribution < 1.29 is 0 Å². The molecule has 0 spiro atoms. The normalized spacial score (nSPS) is 26.0. The standard InChI is InChI=1S/C13H22N2S/c1-3-6-14-12-4-7-15(11(2)9-12)13-5-8-16-10-13/h5,8,10-12,14H,3-4,6-7,9H2,1-2H3. The Morgan fingerprint density at radius 2 is 2.44 bits per heavy atom. The van der Waals surface area contributed by atoms with E-state index in [-0.39, 0.29) is 0 Å². The molecule has 0 aromatic carbocycles. The van der Waals surface area contributed by atoms with Gasteiger partial charge in [0.05, 0.1) is 0 Å². The minimum Gasteiger partial charge on any atom is -0.368 e. The van der Waals surface area contributed by atoms with Gasteiger partial charge in [-0.15, -0.1) is 0 Å². The van der Waals surface area contributed by atoms with Crippen molar-refractivity contribution in [3.05, 3.63) is 16.8 Å². The third-order valence-corrected chi connectivity index (χ3v) is 4.07. The third kappa shape index (κ3) is 2.77. The summed E-state index contributed by atoms with van der Waals surface area (Å²) in [5.74, 6) is 0. The lowest BCUT2D eigenvalue weighted by Crippen LogP contribution is -2.47. The minimum atomic E-state index is 0.665. The molecule has 1 saturated heterocycles. The molecule has 3 heteroatoms. The summed E-state index contributed by atoms with van der Waals surface area (Å²) < 4.78 is 0. The van der Waals surface area contributed by atoms with Crippen molar-refractivity contribution in [1.29, 1.82) is 0 Å². The summed E-state index contributed by atoms with van der Waals surface area (Å²) in [6.45, 7) is 6.93. The maximum Gasteiger partial charge on any atom is 0.0477 e. The molecule has 0 radical (unpaired) electrons. The van der Waals surface area contributed by atoms with Gasteiger partial charge in [-0.3, -0.25) is 0 Å². The van der Waals surface area contributed by atoms with E-state index in [4.69, 9.17) is 0 Å². The van der Waals surface area contributed by atoms with Crippen molar-refractivity contribution in [2.45, 2.75) is 45.2 Å². The summed E-state index contributed by atoms with van der Waals surface area (Å²) in [6.07, 6.45) is 3.79. The van der Waals surface area contributed by atoms with Crippen LogP contribution in [0.5, 0.6) is 0 Å². The van der Waals surface area contributed by atoms with E-state index in [9.17, 15) is 0 Å². The van der Waals surface area contributed by atoms with Gasteiger partial charge in [0.25, 0.3) is 0 Å². The zero-order valence-corrected chi connectivity index (χ0v) is 11.1.